The van der Waals surface area contributed by atoms with Crippen LogP contribution in [-0.4, -0.2) is 27.0 Å². The van der Waals surface area contributed by atoms with Crippen molar-refractivity contribution in [1.29, 1.82) is 0 Å². The van der Waals surface area contributed by atoms with Crippen molar-refractivity contribution in [2.24, 2.45) is 0 Å². The van der Waals surface area contributed by atoms with Gasteiger partial charge in [-0.05, 0) is 43.5 Å². The van der Waals surface area contributed by atoms with Crippen LogP contribution in [0, 0.1) is 12.7 Å². The third-order valence-electron chi connectivity index (χ3n) is 3.02. The normalized spacial score (nSPS) is 13.5. The maximum atomic E-state index is 13.6. The smallest absolute Gasteiger partial charge is 0.147 e. The molecular weight excluding hydrogens is 265 g/mol. The second kappa shape index (κ2) is 7.01. The van der Waals surface area contributed by atoms with Gasteiger partial charge in [0, 0.05) is 12.3 Å². The van der Waals surface area contributed by atoms with Crippen LogP contribution in [0.4, 0.5) is 4.39 Å². The molecule has 1 aromatic rings. The van der Waals surface area contributed by atoms with Crippen molar-refractivity contribution in [2.75, 3.05) is 18.6 Å². The molecule has 0 saturated heterocycles. The second-order valence-electron chi connectivity index (χ2n) is 4.93. The van der Waals surface area contributed by atoms with Gasteiger partial charge >= 0.3 is 0 Å². The van der Waals surface area contributed by atoms with Crippen LogP contribution >= 0.6 is 0 Å². The van der Waals surface area contributed by atoms with Crippen molar-refractivity contribution in [3.63, 3.8) is 0 Å². The molecule has 1 atom stereocenters. The quantitative estimate of drug-likeness (QED) is 0.838. The van der Waals surface area contributed by atoms with Crippen molar-refractivity contribution in [1.82, 2.24) is 5.32 Å². The fourth-order valence-corrected chi connectivity index (χ4v) is 2.53. The van der Waals surface area contributed by atoms with Gasteiger partial charge in [-0.1, -0.05) is 19.1 Å². The van der Waals surface area contributed by atoms with Crippen molar-refractivity contribution in [3.8, 4) is 0 Å². The van der Waals surface area contributed by atoms with Crippen molar-refractivity contribution in [2.45, 2.75) is 32.7 Å². The monoisotopic (exact) mass is 287 g/mol. The van der Waals surface area contributed by atoms with Crippen LogP contribution in [0.15, 0.2) is 18.2 Å². The first-order valence-electron chi connectivity index (χ1n) is 6.50. The Labute approximate surface area is 115 Å². The lowest BCUT2D eigenvalue weighted by atomic mass is 10.0. The number of rotatable bonds is 7. The highest BCUT2D eigenvalue weighted by atomic mass is 32.2. The minimum atomic E-state index is -3.00. The van der Waals surface area contributed by atoms with Gasteiger partial charge in [-0.2, -0.15) is 0 Å². The molecule has 0 radical (unpaired) electrons. The summed E-state index contributed by atoms with van der Waals surface area (Å²) in [6, 6.07) is 4.95. The molecule has 1 rings (SSSR count). The maximum absolute atomic E-state index is 13.6. The first-order chi connectivity index (χ1) is 8.83. The molecule has 0 aliphatic rings. The highest BCUT2D eigenvalue weighted by Gasteiger charge is 2.15. The lowest BCUT2D eigenvalue weighted by Gasteiger charge is -2.19. The zero-order chi connectivity index (χ0) is 14.5. The average molecular weight is 287 g/mol. The molecule has 0 spiro atoms. The summed E-state index contributed by atoms with van der Waals surface area (Å²) in [5, 5.41) is 3.27. The van der Waals surface area contributed by atoms with Crippen LogP contribution in [0.3, 0.4) is 0 Å². The maximum Gasteiger partial charge on any atom is 0.147 e. The third kappa shape index (κ3) is 5.70. The summed E-state index contributed by atoms with van der Waals surface area (Å²) < 4.78 is 36.1. The molecule has 0 amide bonds. The van der Waals surface area contributed by atoms with Gasteiger partial charge in [0.15, 0.2) is 0 Å². The Morgan fingerprint density at radius 3 is 2.58 bits per heavy atom. The highest BCUT2D eigenvalue weighted by molar-refractivity contribution is 7.90. The molecule has 0 aromatic heterocycles. The Balaban J connectivity index is 2.85. The van der Waals surface area contributed by atoms with Gasteiger partial charge in [0.2, 0.25) is 0 Å². The molecule has 5 heteroatoms. The van der Waals surface area contributed by atoms with E-state index < -0.39 is 9.84 Å². The fraction of sp³-hybridized carbons (Fsp3) is 0.571. The van der Waals surface area contributed by atoms with Gasteiger partial charge in [0.25, 0.3) is 0 Å². The number of hydrogen-bond acceptors (Lipinski definition) is 3. The Kier molecular flexibility index (Phi) is 5.94. The predicted octanol–water partition coefficient (Wildman–Crippen LogP) is 2.61. The van der Waals surface area contributed by atoms with Crippen LogP contribution < -0.4 is 5.32 Å². The standard InChI is InChI=1S/C14H22FNO2S/c1-4-8-16-14(7-9-19(3,17)18)12-6-5-11(2)13(15)10-12/h5-6,10,14,16H,4,7-9H2,1-3H3. The largest absolute Gasteiger partial charge is 0.310 e. The van der Waals surface area contributed by atoms with Crippen molar-refractivity contribution >= 4 is 9.84 Å². The van der Waals surface area contributed by atoms with Crippen LogP contribution in [0.1, 0.15) is 36.9 Å². The minimum absolute atomic E-state index is 0.101. The molecule has 1 N–H and O–H groups in total. The van der Waals surface area contributed by atoms with E-state index in [1.807, 2.05) is 13.0 Å². The van der Waals surface area contributed by atoms with E-state index in [-0.39, 0.29) is 17.6 Å². The number of aryl methyl sites for hydroxylation is 1. The first-order valence-corrected chi connectivity index (χ1v) is 8.56. The van der Waals surface area contributed by atoms with Crippen molar-refractivity contribution < 1.29 is 12.8 Å². The van der Waals surface area contributed by atoms with E-state index in [1.165, 1.54) is 12.3 Å². The predicted molar refractivity (Wildman–Crippen MR) is 76.5 cm³/mol. The number of sulfone groups is 1. The second-order valence-corrected chi connectivity index (χ2v) is 7.19. The number of benzene rings is 1. The zero-order valence-electron chi connectivity index (χ0n) is 11.7. The molecule has 0 aliphatic carbocycles. The number of nitrogens with one attached hydrogen (secondary N) is 1. The average Bonchev–Trinajstić information content (AvgIpc) is 2.32. The summed E-state index contributed by atoms with van der Waals surface area (Å²) in [5.41, 5.74) is 1.40. The van der Waals surface area contributed by atoms with Gasteiger partial charge in [0.05, 0.1) is 5.75 Å². The number of hydrogen-bond donors (Lipinski definition) is 1. The summed E-state index contributed by atoms with van der Waals surface area (Å²) in [7, 11) is -3.00. The Morgan fingerprint density at radius 1 is 1.37 bits per heavy atom. The molecule has 19 heavy (non-hydrogen) atoms. The van der Waals surface area contributed by atoms with E-state index in [9.17, 15) is 12.8 Å². The highest BCUT2D eigenvalue weighted by Crippen LogP contribution is 2.20. The minimum Gasteiger partial charge on any atom is -0.310 e. The number of halogens is 1. The van der Waals surface area contributed by atoms with Crippen molar-refractivity contribution in [3.05, 3.63) is 35.1 Å². The van der Waals surface area contributed by atoms with Crippen LogP contribution in [0.5, 0.6) is 0 Å². The molecule has 0 aliphatic heterocycles. The Hall–Kier alpha value is -0.940. The van der Waals surface area contributed by atoms with E-state index in [2.05, 4.69) is 5.32 Å². The molecule has 0 fully saturated rings. The molecule has 1 aromatic carbocycles. The molecule has 0 saturated carbocycles. The summed E-state index contributed by atoms with van der Waals surface area (Å²) >= 11 is 0. The molecular formula is C14H22FNO2S. The fourth-order valence-electron chi connectivity index (χ4n) is 1.86. The summed E-state index contributed by atoms with van der Waals surface area (Å²) in [4.78, 5) is 0. The molecule has 3 nitrogen and oxygen atoms in total. The van der Waals surface area contributed by atoms with E-state index >= 15 is 0 Å². The Bertz CT molecular complexity index is 514. The summed E-state index contributed by atoms with van der Waals surface area (Å²) in [6.45, 7) is 4.53. The van der Waals surface area contributed by atoms with Gasteiger partial charge in [0.1, 0.15) is 15.7 Å². The topological polar surface area (TPSA) is 46.2 Å². The molecule has 108 valence electrons. The van der Waals surface area contributed by atoms with Gasteiger partial charge in [-0.25, -0.2) is 12.8 Å². The Morgan fingerprint density at radius 2 is 2.05 bits per heavy atom. The summed E-state index contributed by atoms with van der Waals surface area (Å²) in [5.74, 6) is -0.149. The lowest BCUT2D eigenvalue weighted by molar-refractivity contribution is 0.509. The zero-order valence-corrected chi connectivity index (χ0v) is 12.6. The van der Waals surface area contributed by atoms with E-state index in [0.29, 0.717) is 12.0 Å². The first kappa shape index (κ1) is 16.1. The molecule has 1 unspecified atom stereocenters. The lowest BCUT2D eigenvalue weighted by Crippen LogP contribution is -2.24. The van der Waals surface area contributed by atoms with E-state index in [1.54, 1.807) is 13.0 Å². The van der Waals surface area contributed by atoms with Crippen LogP contribution in [0.2, 0.25) is 0 Å². The van der Waals surface area contributed by atoms with Crippen LogP contribution in [-0.2, 0) is 9.84 Å². The van der Waals surface area contributed by atoms with Gasteiger partial charge < -0.3 is 5.32 Å². The van der Waals surface area contributed by atoms with Crippen LogP contribution in [0.25, 0.3) is 0 Å². The molecule has 0 heterocycles. The van der Waals surface area contributed by atoms with E-state index in [0.717, 1.165) is 18.5 Å². The van der Waals surface area contributed by atoms with E-state index in [4.69, 9.17) is 0 Å². The van der Waals surface area contributed by atoms with Gasteiger partial charge in [-0.3, -0.25) is 0 Å². The summed E-state index contributed by atoms with van der Waals surface area (Å²) in [6.07, 6.45) is 2.63. The van der Waals surface area contributed by atoms with Gasteiger partial charge in [-0.15, -0.1) is 0 Å². The molecule has 0 bridgehead atoms. The third-order valence-corrected chi connectivity index (χ3v) is 3.99. The SMILES string of the molecule is CCCNC(CCS(C)(=O)=O)c1ccc(C)c(F)c1.